The lowest BCUT2D eigenvalue weighted by Gasteiger charge is -2.43. The molecular formula is C18H39NO3. The minimum atomic E-state index is -0.804. The molecule has 134 valence electrons. The van der Waals surface area contributed by atoms with Gasteiger partial charge in [-0.2, -0.15) is 0 Å². The van der Waals surface area contributed by atoms with E-state index in [1.54, 1.807) is 4.90 Å². The zero-order valence-electron chi connectivity index (χ0n) is 15.5. The Hall–Kier alpha value is -0.160. The lowest BCUT2D eigenvalue weighted by Crippen LogP contribution is -2.56. The zero-order valence-corrected chi connectivity index (χ0v) is 15.5. The number of hydrogen-bond donors (Lipinski definition) is 3. The molecule has 0 saturated carbocycles. The lowest BCUT2D eigenvalue weighted by molar-refractivity contribution is -0.224. The van der Waals surface area contributed by atoms with Gasteiger partial charge in [-0.05, 0) is 56.3 Å². The molecule has 4 heteroatoms. The van der Waals surface area contributed by atoms with E-state index < -0.39 is 18.7 Å². The van der Waals surface area contributed by atoms with Gasteiger partial charge in [-0.25, -0.2) is 4.90 Å². The molecule has 4 nitrogen and oxygen atoms in total. The van der Waals surface area contributed by atoms with Crippen molar-refractivity contribution in [3.8, 4) is 0 Å². The molecular weight excluding hydrogens is 278 g/mol. The van der Waals surface area contributed by atoms with Crippen LogP contribution in [0.3, 0.4) is 0 Å². The van der Waals surface area contributed by atoms with Gasteiger partial charge in [0.05, 0.1) is 0 Å². The molecule has 0 bridgehead atoms. The number of aliphatic hydroxyl groups excluding tert-OH is 3. The van der Waals surface area contributed by atoms with Gasteiger partial charge in [0.25, 0.3) is 0 Å². The van der Waals surface area contributed by atoms with E-state index in [2.05, 4.69) is 0 Å². The van der Waals surface area contributed by atoms with E-state index in [1.165, 1.54) is 0 Å². The highest BCUT2D eigenvalue weighted by molar-refractivity contribution is 4.80. The van der Waals surface area contributed by atoms with Crippen molar-refractivity contribution >= 4 is 0 Å². The van der Waals surface area contributed by atoms with Gasteiger partial charge in [0, 0.05) is 0 Å². The van der Waals surface area contributed by atoms with Crippen LogP contribution in [0.25, 0.3) is 0 Å². The highest BCUT2D eigenvalue weighted by Gasteiger charge is 2.38. The molecule has 0 amide bonds. The molecule has 0 spiro atoms. The van der Waals surface area contributed by atoms with Crippen LogP contribution in [0.1, 0.15) is 80.1 Å². The quantitative estimate of drug-likeness (QED) is 0.482. The third kappa shape index (κ3) is 5.48. The predicted molar refractivity (Wildman–Crippen MR) is 92.1 cm³/mol. The lowest BCUT2D eigenvalue weighted by atomic mass is 9.93. The van der Waals surface area contributed by atoms with Crippen LogP contribution in [-0.2, 0) is 0 Å². The van der Waals surface area contributed by atoms with Gasteiger partial charge in [-0.1, -0.05) is 41.5 Å². The Labute approximate surface area is 137 Å². The molecule has 3 unspecified atom stereocenters. The molecule has 3 N–H and O–H groups in total. The topological polar surface area (TPSA) is 63.9 Å². The standard InChI is InChI=1S/C18H39NO3/c1-7-13(8-2)16(20)19(17(21)14(9-3)10-4)18(22)15(11-5)12-6/h13-18,20-22H,7-12H2,1-6H3. The third-order valence-corrected chi connectivity index (χ3v) is 5.33. The average molecular weight is 318 g/mol. The maximum atomic E-state index is 10.8. The van der Waals surface area contributed by atoms with E-state index >= 15 is 0 Å². The molecule has 0 aliphatic carbocycles. The van der Waals surface area contributed by atoms with Gasteiger partial charge < -0.3 is 15.3 Å². The van der Waals surface area contributed by atoms with Crippen LogP contribution >= 0.6 is 0 Å². The Morgan fingerprint density at radius 3 is 0.818 bits per heavy atom. The summed E-state index contributed by atoms with van der Waals surface area (Å²) in [6.45, 7) is 12.3. The molecule has 0 saturated heterocycles. The number of rotatable bonds is 12. The summed E-state index contributed by atoms with van der Waals surface area (Å²) in [5.41, 5.74) is 0. The van der Waals surface area contributed by atoms with Gasteiger partial charge in [0.2, 0.25) is 0 Å². The van der Waals surface area contributed by atoms with Crippen molar-refractivity contribution in [1.29, 1.82) is 0 Å². The largest absolute Gasteiger partial charge is 0.378 e. The maximum absolute atomic E-state index is 10.8. The Morgan fingerprint density at radius 2 is 0.682 bits per heavy atom. The Kier molecular flexibility index (Phi) is 11.3. The molecule has 0 fully saturated rings. The molecule has 0 aliphatic heterocycles. The second-order valence-electron chi connectivity index (χ2n) is 6.42. The van der Waals surface area contributed by atoms with Crippen LogP contribution in [-0.4, -0.2) is 38.9 Å². The fourth-order valence-electron chi connectivity index (χ4n) is 3.33. The van der Waals surface area contributed by atoms with E-state index in [1.807, 2.05) is 41.5 Å². The van der Waals surface area contributed by atoms with Crippen LogP contribution in [0.15, 0.2) is 0 Å². The van der Waals surface area contributed by atoms with E-state index in [4.69, 9.17) is 0 Å². The first-order valence-corrected chi connectivity index (χ1v) is 9.24. The number of nitrogens with zero attached hydrogens (tertiary/aromatic N) is 1. The van der Waals surface area contributed by atoms with Crippen molar-refractivity contribution in [1.82, 2.24) is 4.90 Å². The average Bonchev–Trinajstić information content (AvgIpc) is 2.51. The second kappa shape index (κ2) is 11.4. The summed E-state index contributed by atoms with van der Waals surface area (Å²) in [6, 6.07) is 0. The van der Waals surface area contributed by atoms with E-state index in [9.17, 15) is 15.3 Å². The van der Waals surface area contributed by atoms with Gasteiger partial charge >= 0.3 is 0 Å². The molecule has 22 heavy (non-hydrogen) atoms. The van der Waals surface area contributed by atoms with Gasteiger partial charge in [-0.3, -0.25) is 0 Å². The first-order valence-electron chi connectivity index (χ1n) is 9.24. The molecule has 0 aromatic rings. The van der Waals surface area contributed by atoms with E-state index in [0.29, 0.717) is 0 Å². The van der Waals surface area contributed by atoms with Crippen LogP contribution < -0.4 is 0 Å². The zero-order chi connectivity index (χ0) is 17.3. The third-order valence-electron chi connectivity index (χ3n) is 5.33. The summed E-state index contributed by atoms with van der Waals surface area (Å²) in [5, 5.41) is 32.4. The highest BCUT2D eigenvalue weighted by Crippen LogP contribution is 2.29. The summed E-state index contributed by atoms with van der Waals surface area (Å²) >= 11 is 0. The monoisotopic (exact) mass is 317 g/mol. The normalized spacial score (nSPS) is 16.8. The Bertz CT molecular complexity index is 220. The number of aliphatic hydroxyl groups is 3. The summed E-state index contributed by atoms with van der Waals surface area (Å²) in [6.07, 6.45) is 2.58. The predicted octanol–water partition coefficient (Wildman–Crippen LogP) is 3.55. The molecule has 0 aromatic carbocycles. The van der Waals surface area contributed by atoms with Gasteiger partial charge in [0.1, 0.15) is 18.7 Å². The highest BCUT2D eigenvalue weighted by atomic mass is 16.4. The van der Waals surface area contributed by atoms with E-state index in [0.717, 1.165) is 38.5 Å². The van der Waals surface area contributed by atoms with Crippen molar-refractivity contribution in [2.75, 3.05) is 0 Å². The van der Waals surface area contributed by atoms with Crippen molar-refractivity contribution in [3.05, 3.63) is 0 Å². The second-order valence-corrected chi connectivity index (χ2v) is 6.42. The SMILES string of the molecule is CCC(CC)C(O)N(C(O)C(CC)CC)C(O)C(CC)CC. The van der Waals surface area contributed by atoms with Crippen molar-refractivity contribution in [2.24, 2.45) is 17.8 Å². The van der Waals surface area contributed by atoms with Crippen LogP contribution in [0.4, 0.5) is 0 Å². The molecule has 0 radical (unpaired) electrons. The maximum Gasteiger partial charge on any atom is 0.114 e. The van der Waals surface area contributed by atoms with Gasteiger partial charge in [-0.15, -0.1) is 0 Å². The molecule has 0 aliphatic rings. The minimum absolute atomic E-state index is 0.0630. The van der Waals surface area contributed by atoms with Crippen molar-refractivity contribution in [3.63, 3.8) is 0 Å². The number of hydrogen-bond acceptors (Lipinski definition) is 4. The fraction of sp³-hybridized carbons (Fsp3) is 1.00. The first-order chi connectivity index (χ1) is 10.4. The molecule has 0 heterocycles. The minimum Gasteiger partial charge on any atom is -0.378 e. The molecule has 0 rings (SSSR count). The van der Waals surface area contributed by atoms with Gasteiger partial charge in [0.15, 0.2) is 0 Å². The Morgan fingerprint density at radius 1 is 0.500 bits per heavy atom. The summed E-state index contributed by atoms with van der Waals surface area (Å²) in [5.74, 6) is 0.189. The first kappa shape index (κ1) is 21.8. The molecule has 3 atom stereocenters. The van der Waals surface area contributed by atoms with Crippen molar-refractivity contribution in [2.45, 2.75) is 98.8 Å². The summed E-state index contributed by atoms with van der Waals surface area (Å²) < 4.78 is 0. The Balaban J connectivity index is 5.45. The summed E-state index contributed by atoms with van der Waals surface area (Å²) in [7, 11) is 0. The van der Waals surface area contributed by atoms with Crippen LogP contribution in [0.5, 0.6) is 0 Å². The molecule has 0 aromatic heterocycles. The summed E-state index contributed by atoms with van der Waals surface area (Å²) in [4.78, 5) is 1.58. The van der Waals surface area contributed by atoms with Crippen molar-refractivity contribution < 1.29 is 15.3 Å². The fourth-order valence-corrected chi connectivity index (χ4v) is 3.33. The van der Waals surface area contributed by atoms with E-state index in [-0.39, 0.29) is 17.8 Å². The smallest absolute Gasteiger partial charge is 0.114 e. The van der Waals surface area contributed by atoms with Crippen LogP contribution in [0, 0.1) is 17.8 Å². The van der Waals surface area contributed by atoms with Crippen LogP contribution in [0.2, 0.25) is 0 Å².